The van der Waals surface area contributed by atoms with Gasteiger partial charge in [0.15, 0.2) is 0 Å². The number of pyridine rings is 1. The summed E-state index contributed by atoms with van der Waals surface area (Å²) in [5, 5.41) is 0. The molecule has 0 aliphatic rings. The summed E-state index contributed by atoms with van der Waals surface area (Å²) < 4.78 is 25.2. The molecule has 72 valence electrons. The number of halogens is 3. The lowest BCUT2D eigenvalue weighted by Gasteiger charge is -2.05. The Morgan fingerprint density at radius 1 is 1.62 bits per heavy atom. The Morgan fingerprint density at radius 2 is 2.23 bits per heavy atom. The third kappa shape index (κ3) is 2.25. The first-order valence-electron chi connectivity index (χ1n) is 3.46. The van der Waals surface area contributed by atoms with Crippen LogP contribution in [0.5, 0.6) is 0 Å². The third-order valence-electron chi connectivity index (χ3n) is 1.56. The van der Waals surface area contributed by atoms with Gasteiger partial charge in [0.05, 0.1) is 9.26 Å². The summed E-state index contributed by atoms with van der Waals surface area (Å²) in [5.74, 6) is 0. The van der Waals surface area contributed by atoms with E-state index in [1.54, 1.807) is 0 Å². The molecular weight excluding hydrogens is 293 g/mol. The summed E-state index contributed by atoms with van der Waals surface area (Å²) in [6, 6.07) is 1.45. The minimum absolute atomic E-state index is 0.0560. The number of nitrogens with two attached hydrogens (primary N) is 1. The minimum Gasteiger partial charge on any atom is -0.326 e. The van der Waals surface area contributed by atoms with E-state index in [4.69, 9.17) is 5.73 Å². The highest BCUT2D eigenvalue weighted by Crippen LogP contribution is 2.19. The maximum Gasteiger partial charge on any atom is 0.269 e. The number of aromatic nitrogens is 1. The molecule has 0 spiro atoms. The van der Waals surface area contributed by atoms with Crippen molar-refractivity contribution in [1.82, 2.24) is 4.98 Å². The molecule has 0 fully saturated rings. The number of aromatic amines is 1. The summed E-state index contributed by atoms with van der Waals surface area (Å²) in [6.45, 7) is -0.0560. The lowest BCUT2D eigenvalue weighted by atomic mass is 10.1. The fourth-order valence-electron chi connectivity index (χ4n) is 0.997. The highest BCUT2D eigenvalue weighted by molar-refractivity contribution is 14.1. The number of alkyl halides is 2. The standard InChI is InChI=1S/C7H7F2IN2O/c8-6(9)5-3(2-11)1-4(10)12-7(5)13/h1,6H,2,11H2,(H,12,13). The lowest BCUT2D eigenvalue weighted by molar-refractivity contribution is 0.148. The minimum atomic E-state index is -2.78. The van der Waals surface area contributed by atoms with Gasteiger partial charge in [-0.15, -0.1) is 0 Å². The number of H-pyrrole nitrogens is 1. The Bertz CT molecular complexity index is 364. The molecule has 0 radical (unpaired) electrons. The van der Waals surface area contributed by atoms with E-state index in [2.05, 4.69) is 4.98 Å². The predicted octanol–water partition coefficient (Wildman–Crippen LogP) is 1.38. The van der Waals surface area contributed by atoms with Gasteiger partial charge in [-0.05, 0) is 34.2 Å². The second kappa shape index (κ2) is 4.14. The molecule has 1 aromatic rings. The quantitative estimate of drug-likeness (QED) is 0.640. The Balaban J connectivity index is 3.39. The van der Waals surface area contributed by atoms with Crippen LogP contribution in [-0.4, -0.2) is 4.98 Å². The van der Waals surface area contributed by atoms with Gasteiger partial charge in [-0.3, -0.25) is 4.79 Å². The van der Waals surface area contributed by atoms with E-state index in [9.17, 15) is 13.6 Å². The number of rotatable bonds is 2. The molecule has 0 amide bonds. The fourth-order valence-corrected chi connectivity index (χ4v) is 1.62. The van der Waals surface area contributed by atoms with E-state index in [0.29, 0.717) is 3.70 Å². The zero-order chi connectivity index (χ0) is 10.0. The lowest BCUT2D eigenvalue weighted by Crippen LogP contribution is -2.18. The first kappa shape index (κ1) is 10.6. The van der Waals surface area contributed by atoms with E-state index >= 15 is 0 Å². The summed E-state index contributed by atoms with van der Waals surface area (Å²) in [5.41, 5.74) is 4.15. The Kier molecular flexibility index (Phi) is 3.37. The first-order valence-corrected chi connectivity index (χ1v) is 4.54. The van der Waals surface area contributed by atoms with Crippen molar-refractivity contribution in [3.05, 3.63) is 31.2 Å². The van der Waals surface area contributed by atoms with Crippen molar-refractivity contribution in [3.63, 3.8) is 0 Å². The molecule has 0 aliphatic carbocycles. The molecule has 3 N–H and O–H groups in total. The molecule has 0 aromatic carbocycles. The van der Waals surface area contributed by atoms with E-state index in [1.165, 1.54) is 6.07 Å². The molecule has 0 bridgehead atoms. The van der Waals surface area contributed by atoms with Crippen LogP contribution in [0.25, 0.3) is 0 Å². The van der Waals surface area contributed by atoms with Gasteiger partial charge < -0.3 is 10.7 Å². The first-order chi connectivity index (χ1) is 6.06. The number of hydrogen-bond donors (Lipinski definition) is 2. The molecule has 0 saturated heterocycles. The smallest absolute Gasteiger partial charge is 0.269 e. The van der Waals surface area contributed by atoms with Crippen molar-refractivity contribution in [2.75, 3.05) is 0 Å². The van der Waals surface area contributed by atoms with Gasteiger partial charge in [0, 0.05) is 6.54 Å². The Morgan fingerprint density at radius 3 is 2.69 bits per heavy atom. The van der Waals surface area contributed by atoms with Gasteiger partial charge in [0.25, 0.3) is 12.0 Å². The zero-order valence-corrected chi connectivity index (χ0v) is 8.64. The van der Waals surface area contributed by atoms with Crippen LogP contribution in [0.2, 0.25) is 0 Å². The zero-order valence-electron chi connectivity index (χ0n) is 6.48. The summed E-state index contributed by atoms with van der Waals surface area (Å²) in [7, 11) is 0. The van der Waals surface area contributed by atoms with Gasteiger partial charge in [-0.25, -0.2) is 8.78 Å². The highest BCUT2D eigenvalue weighted by atomic mass is 127. The van der Waals surface area contributed by atoms with E-state index in [-0.39, 0.29) is 12.1 Å². The summed E-state index contributed by atoms with van der Waals surface area (Å²) in [6.07, 6.45) is -2.78. The van der Waals surface area contributed by atoms with Crippen LogP contribution in [0.3, 0.4) is 0 Å². The second-order valence-electron chi connectivity index (χ2n) is 2.39. The SMILES string of the molecule is NCc1cc(I)[nH]c(=O)c1C(F)F. The second-order valence-corrected chi connectivity index (χ2v) is 3.55. The van der Waals surface area contributed by atoms with Crippen molar-refractivity contribution in [1.29, 1.82) is 0 Å². The summed E-state index contributed by atoms with van der Waals surface area (Å²) >= 11 is 1.84. The molecule has 13 heavy (non-hydrogen) atoms. The molecule has 1 heterocycles. The maximum atomic E-state index is 12.3. The van der Waals surface area contributed by atoms with Crippen molar-refractivity contribution in [2.24, 2.45) is 5.73 Å². The van der Waals surface area contributed by atoms with Crippen LogP contribution in [0.1, 0.15) is 17.6 Å². The average Bonchev–Trinajstić information content (AvgIpc) is 2.01. The summed E-state index contributed by atoms with van der Waals surface area (Å²) in [4.78, 5) is 13.4. The van der Waals surface area contributed by atoms with Crippen LogP contribution in [-0.2, 0) is 6.54 Å². The highest BCUT2D eigenvalue weighted by Gasteiger charge is 2.17. The van der Waals surface area contributed by atoms with Crippen LogP contribution in [0.15, 0.2) is 10.9 Å². The van der Waals surface area contributed by atoms with E-state index < -0.39 is 17.5 Å². The molecule has 3 nitrogen and oxygen atoms in total. The molecule has 1 aromatic heterocycles. The topological polar surface area (TPSA) is 58.9 Å². The normalized spacial score (nSPS) is 10.8. The molecule has 1 rings (SSSR count). The van der Waals surface area contributed by atoms with Crippen LogP contribution < -0.4 is 11.3 Å². The van der Waals surface area contributed by atoms with Gasteiger partial charge in [-0.2, -0.15) is 0 Å². The van der Waals surface area contributed by atoms with Crippen LogP contribution in [0, 0.1) is 3.70 Å². The van der Waals surface area contributed by atoms with Crippen molar-refractivity contribution >= 4 is 22.6 Å². The van der Waals surface area contributed by atoms with Crippen LogP contribution in [0.4, 0.5) is 8.78 Å². The molecule has 0 saturated carbocycles. The van der Waals surface area contributed by atoms with Gasteiger partial charge >= 0.3 is 0 Å². The van der Waals surface area contributed by atoms with Gasteiger partial charge in [-0.1, -0.05) is 0 Å². The molecule has 6 heteroatoms. The largest absolute Gasteiger partial charge is 0.326 e. The van der Waals surface area contributed by atoms with Gasteiger partial charge in [0.2, 0.25) is 0 Å². The average molecular weight is 300 g/mol. The number of hydrogen-bond acceptors (Lipinski definition) is 2. The van der Waals surface area contributed by atoms with Crippen molar-refractivity contribution < 1.29 is 8.78 Å². The van der Waals surface area contributed by atoms with E-state index in [1.807, 2.05) is 22.6 Å². The molecule has 0 unspecified atom stereocenters. The molecular formula is C7H7F2IN2O. The number of nitrogens with one attached hydrogen (secondary N) is 1. The third-order valence-corrected chi connectivity index (χ3v) is 2.14. The van der Waals surface area contributed by atoms with Crippen molar-refractivity contribution in [2.45, 2.75) is 13.0 Å². The van der Waals surface area contributed by atoms with E-state index in [0.717, 1.165) is 0 Å². The van der Waals surface area contributed by atoms with Gasteiger partial charge in [0.1, 0.15) is 0 Å². The Labute approximate surface area is 86.5 Å². The monoisotopic (exact) mass is 300 g/mol. The van der Waals surface area contributed by atoms with Crippen molar-refractivity contribution in [3.8, 4) is 0 Å². The predicted molar refractivity (Wildman–Crippen MR) is 52.6 cm³/mol. The maximum absolute atomic E-state index is 12.3. The Hall–Kier alpha value is -0.500. The van der Waals surface area contributed by atoms with Crippen LogP contribution >= 0.6 is 22.6 Å². The fraction of sp³-hybridized carbons (Fsp3) is 0.286. The molecule has 0 aliphatic heterocycles. The molecule has 0 atom stereocenters.